The van der Waals surface area contributed by atoms with Crippen molar-refractivity contribution in [1.29, 1.82) is 0 Å². The van der Waals surface area contributed by atoms with Gasteiger partial charge in [-0.2, -0.15) is 0 Å². The van der Waals surface area contributed by atoms with Crippen LogP contribution in [0.15, 0.2) is 89.4 Å². The van der Waals surface area contributed by atoms with Gasteiger partial charge in [0.25, 0.3) is 0 Å². The van der Waals surface area contributed by atoms with Crippen LogP contribution in [0.25, 0.3) is 0 Å². The normalized spacial score (nSPS) is 13.7. The third-order valence-corrected chi connectivity index (χ3v) is 7.08. The number of primary amides is 1. The fraction of sp³-hybridized carbons (Fsp3) is 0.259. The van der Waals surface area contributed by atoms with E-state index in [0.717, 1.165) is 41.8 Å². The largest absolute Gasteiger partial charge is 1.00 e. The van der Waals surface area contributed by atoms with Crippen molar-refractivity contribution < 1.29 is 26.4 Å². The molecule has 33 heavy (non-hydrogen) atoms. The van der Waals surface area contributed by atoms with Crippen molar-refractivity contribution in [2.24, 2.45) is 5.73 Å². The summed E-state index contributed by atoms with van der Waals surface area (Å²) in [5.41, 5.74) is 8.44. The molecule has 2 N–H and O–H groups in total. The van der Waals surface area contributed by atoms with E-state index in [0.29, 0.717) is 6.42 Å². The Morgan fingerprint density at radius 3 is 2.03 bits per heavy atom. The van der Waals surface area contributed by atoms with Crippen LogP contribution in [0.1, 0.15) is 30.0 Å². The summed E-state index contributed by atoms with van der Waals surface area (Å²) in [6, 6.07) is 28.4. The van der Waals surface area contributed by atoms with Crippen LogP contribution >= 0.6 is 15.9 Å². The maximum absolute atomic E-state index is 13.0. The van der Waals surface area contributed by atoms with Crippen LogP contribution in [0.5, 0.6) is 0 Å². The standard InChI is InChI=1S/C27H28BrN3O.BrH/c1-21-30(18-19-31(21)20-22-12-14-25(28)15-13-22)17-16-27(26(29)32,23-8-4-2-5-9-23)24-10-6-3-7-11-24;/h2-15H,16-20H2,1H3,(H-,29,32);1H. The van der Waals surface area contributed by atoms with E-state index in [1.807, 2.05) is 60.7 Å². The highest BCUT2D eigenvalue weighted by Crippen LogP contribution is 2.36. The Hall–Kier alpha value is -2.44. The Balaban J connectivity index is 0.00000306. The molecule has 0 spiro atoms. The van der Waals surface area contributed by atoms with Crippen LogP contribution in [-0.4, -0.2) is 40.9 Å². The van der Waals surface area contributed by atoms with E-state index in [4.69, 9.17) is 5.73 Å². The maximum atomic E-state index is 13.0. The second-order valence-corrected chi connectivity index (χ2v) is 9.25. The number of nitrogens with zero attached hydrogens (tertiary/aromatic N) is 2. The lowest BCUT2D eigenvalue weighted by Crippen LogP contribution is -3.00. The second kappa shape index (κ2) is 11.1. The SMILES string of the molecule is CC1=[N+](Cc2ccc(Br)cc2)CCN1CCC(C(N)=O)(c1ccccc1)c1ccccc1.[Br-]. The lowest BCUT2D eigenvalue weighted by molar-refractivity contribution is -0.534. The summed E-state index contributed by atoms with van der Waals surface area (Å²) in [4.78, 5) is 15.4. The molecular formula is C27H29Br2N3O. The minimum Gasteiger partial charge on any atom is -1.00 e. The fourth-order valence-electron chi connectivity index (χ4n) is 4.65. The van der Waals surface area contributed by atoms with E-state index in [1.54, 1.807) is 0 Å². The minimum atomic E-state index is -0.859. The third-order valence-electron chi connectivity index (χ3n) is 6.55. The van der Waals surface area contributed by atoms with Crippen molar-refractivity contribution in [3.05, 3.63) is 106 Å². The van der Waals surface area contributed by atoms with Gasteiger partial charge in [0.2, 0.25) is 11.7 Å². The number of rotatable bonds is 8. The zero-order valence-electron chi connectivity index (χ0n) is 18.8. The van der Waals surface area contributed by atoms with Gasteiger partial charge in [-0.25, -0.2) is 0 Å². The highest BCUT2D eigenvalue weighted by Gasteiger charge is 2.42. The molecule has 0 atom stereocenters. The number of amides is 1. The first-order chi connectivity index (χ1) is 15.5. The summed E-state index contributed by atoms with van der Waals surface area (Å²) >= 11 is 3.50. The average molecular weight is 571 g/mol. The summed E-state index contributed by atoms with van der Waals surface area (Å²) in [5.74, 6) is 0.936. The molecule has 0 radical (unpaired) electrons. The summed E-state index contributed by atoms with van der Waals surface area (Å²) in [5, 5.41) is 0. The van der Waals surface area contributed by atoms with E-state index in [2.05, 4.69) is 56.6 Å². The van der Waals surface area contributed by atoms with Crippen molar-refractivity contribution in [3.63, 3.8) is 0 Å². The van der Waals surface area contributed by atoms with Gasteiger partial charge in [0.05, 0.1) is 6.54 Å². The molecule has 3 aromatic carbocycles. The first-order valence-electron chi connectivity index (χ1n) is 11.0. The molecule has 3 aromatic rings. The molecule has 0 unspecified atom stereocenters. The lowest BCUT2D eigenvalue weighted by atomic mass is 9.71. The number of benzene rings is 3. The highest BCUT2D eigenvalue weighted by molar-refractivity contribution is 9.10. The van der Waals surface area contributed by atoms with Gasteiger partial charge in [-0.1, -0.05) is 88.7 Å². The molecule has 1 aliphatic heterocycles. The number of hydrogen-bond acceptors (Lipinski definition) is 2. The lowest BCUT2D eigenvalue weighted by Gasteiger charge is -2.32. The molecule has 172 valence electrons. The number of carbonyl (C=O) groups excluding carboxylic acids is 1. The Morgan fingerprint density at radius 1 is 0.970 bits per heavy atom. The van der Waals surface area contributed by atoms with Crippen molar-refractivity contribution in [3.8, 4) is 0 Å². The van der Waals surface area contributed by atoms with Gasteiger partial charge in [0, 0.05) is 17.8 Å². The Bertz CT molecular complexity index is 1060. The zero-order chi connectivity index (χ0) is 22.6. The Morgan fingerprint density at radius 2 is 1.52 bits per heavy atom. The molecule has 0 aliphatic carbocycles. The highest BCUT2D eigenvalue weighted by atomic mass is 79.9. The van der Waals surface area contributed by atoms with E-state index >= 15 is 0 Å². The molecule has 0 aromatic heterocycles. The van der Waals surface area contributed by atoms with E-state index in [-0.39, 0.29) is 22.9 Å². The van der Waals surface area contributed by atoms with Crippen molar-refractivity contribution in [2.75, 3.05) is 19.6 Å². The van der Waals surface area contributed by atoms with Gasteiger partial charge in [-0.05, 0) is 28.8 Å². The number of hydrogen-bond donors (Lipinski definition) is 1. The predicted molar refractivity (Wildman–Crippen MR) is 133 cm³/mol. The van der Waals surface area contributed by atoms with Gasteiger partial charge >= 0.3 is 0 Å². The molecule has 0 saturated carbocycles. The first-order valence-corrected chi connectivity index (χ1v) is 11.8. The van der Waals surface area contributed by atoms with E-state index < -0.39 is 5.41 Å². The quantitative estimate of drug-likeness (QED) is 0.418. The summed E-state index contributed by atoms with van der Waals surface area (Å²) in [7, 11) is 0. The molecule has 4 rings (SSSR count). The summed E-state index contributed by atoms with van der Waals surface area (Å²) in [6.45, 7) is 5.73. The monoisotopic (exact) mass is 569 g/mol. The Kier molecular flexibility index (Phi) is 8.49. The van der Waals surface area contributed by atoms with Gasteiger partial charge in [0.15, 0.2) is 0 Å². The Labute approximate surface area is 215 Å². The minimum absolute atomic E-state index is 0. The number of nitrogens with two attached hydrogens (primary N) is 1. The molecule has 1 amide bonds. The smallest absolute Gasteiger partial charge is 0.244 e. The van der Waals surface area contributed by atoms with Crippen LogP contribution in [-0.2, 0) is 16.8 Å². The number of amidine groups is 1. The van der Waals surface area contributed by atoms with Crippen LogP contribution in [0.4, 0.5) is 0 Å². The zero-order valence-corrected chi connectivity index (χ0v) is 21.9. The topological polar surface area (TPSA) is 49.3 Å². The van der Waals surface area contributed by atoms with Gasteiger partial charge < -0.3 is 22.7 Å². The molecule has 0 bridgehead atoms. The maximum Gasteiger partial charge on any atom is 0.244 e. The number of carbonyl (C=O) groups is 1. The van der Waals surface area contributed by atoms with Crippen LogP contribution in [0.3, 0.4) is 0 Å². The second-order valence-electron chi connectivity index (χ2n) is 8.33. The first kappa shape index (κ1) is 25.2. The van der Waals surface area contributed by atoms with Crippen molar-refractivity contribution >= 4 is 27.7 Å². The van der Waals surface area contributed by atoms with E-state index in [1.165, 1.54) is 11.4 Å². The van der Waals surface area contributed by atoms with Crippen molar-refractivity contribution in [1.82, 2.24) is 4.90 Å². The predicted octanol–water partition coefficient (Wildman–Crippen LogP) is 1.56. The molecule has 0 fully saturated rings. The number of halogens is 2. The van der Waals surface area contributed by atoms with Gasteiger partial charge in [-0.15, -0.1) is 0 Å². The molecule has 6 heteroatoms. The summed E-state index contributed by atoms with van der Waals surface area (Å²) < 4.78 is 3.50. The van der Waals surface area contributed by atoms with Crippen molar-refractivity contribution in [2.45, 2.75) is 25.3 Å². The fourth-order valence-corrected chi connectivity index (χ4v) is 4.92. The third kappa shape index (κ3) is 5.39. The average Bonchev–Trinajstić information content (AvgIpc) is 3.16. The van der Waals surface area contributed by atoms with E-state index in [9.17, 15) is 4.79 Å². The van der Waals surface area contributed by atoms with Gasteiger partial charge in [0.1, 0.15) is 25.0 Å². The van der Waals surface area contributed by atoms with Crippen LogP contribution in [0.2, 0.25) is 0 Å². The molecular weight excluding hydrogens is 542 g/mol. The van der Waals surface area contributed by atoms with Crippen LogP contribution < -0.4 is 22.7 Å². The molecule has 4 nitrogen and oxygen atoms in total. The molecule has 1 aliphatic rings. The van der Waals surface area contributed by atoms with Gasteiger partial charge in [-0.3, -0.25) is 14.3 Å². The summed E-state index contributed by atoms with van der Waals surface area (Å²) in [6.07, 6.45) is 0.625. The molecule has 1 heterocycles. The van der Waals surface area contributed by atoms with Crippen LogP contribution in [0, 0.1) is 0 Å². The molecule has 0 saturated heterocycles.